The number of fused-ring (bicyclic) bond motifs is 1. The zero-order valence-electron chi connectivity index (χ0n) is 18.4. The number of para-hydroxylation sites is 1. The summed E-state index contributed by atoms with van der Waals surface area (Å²) in [4.78, 5) is 43.5. The van der Waals surface area contributed by atoms with Gasteiger partial charge >= 0.3 is 5.69 Å². The van der Waals surface area contributed by atoms with Crippen molar-refractivity contribution in [3.05, 3.63) is 68.7 Å². The van der Waals surface area contributed by atoms with Crippen molar-refractivity contribution in [3.8, 4) is 5.75 Å². The average molecular weight is 485 g/mol. The van der Waals surface area contributed by atoms with Crippen LogP contribution in [0.1, 0.15) is 54.5 Å². The Morgan fingerprint density at radius 2 is 1.85 bits per heavy atom. The highest BCUT2D eigenvalue weighted by Crippen LogP contribution is 2.30. The van der Waals surface area contributed by atoms with Crippen LogP contribution in [-0.4, -0.2) is 42.7 Å². The highest BCUT2D eigenvalue weighted by Gasteiger charge is 2.30. The quantitative estimate of drug-likeness (QED) is 0.590. The third-order valence-corrected chi connectivity index (χ3v) is 7.88. The van der Waals surface area contributed by atoms with Gasteiger partial charge in [-0.1, -0.05) is 12.1 Å². The Bertz CT molecular complexity index is 1360. The zero-order valence-corrected chi connectivity index (χ0v) is 19.3. The Morgan fingerprint density at radius 3 is 2.56 bits per heavy atom. The molecule has 2 N–H and O–H groups in total. The molecule has 3 heterocycles. The van der Waals surface area contributed by atoms with Gasteiger partial charge in [-0.05, 0) is 56.1 Å². The fraction of sp³-hybridized carbons (Fsp3) is 0.417. The Morgan fingerprint density at radius 1 is 1.09 bits per heavy atom. The lowest BCUT2D eigenvalue weighted by atomic mass is 9.90. The number of nitrogens with zero attached hydrogens (tertiary/aromatic N) is 3. The molecule has 1 atom stereocenters. The van der Waals surface area contributed by atoms with E-state index >= 15 is 0 Å². The van der Waals surface area contributed by atoms with E-state index in [4.69, 9.17) is 0 Å². The summed E-state index contributed by atoms with van der Waals surface area (Å²) in [5.74, 6) is 0.616. The van der Waals surface area contributed by atoms with E-state index in [-0.39, 0.29) is 46.4 Å². The minimum absolute atomic E-state index is 0.0807. The summed E-state index contributed by atoms with van der Waals surface area (Å²) in [5, 5.41) is 13.0. The number of aromatic nitrogens is 3. The molecule has 0 spiro atoms. The Balaban J connectivity index is 1.42. The number of rotatable bonds is 4. The number of hydrogen-bond acceptors (Lipinski definition) is 6. The summed E-state index contributed by atoms with van der Waals surface area (Å²) in [7, 11) is 0. The van der Waals surface area contributed by atoms with E-state index < -0.39 is 17.1 Å². The van der Waals surface area contributed by atoms with Crippen LogP contribution in [0.25, 0.3) is 11.0 Å². The van der Waals surface area contributed by atoms with Gasteiger partial charge in [0.05, 0.1) is 23.2 Å². The molecule has 5 rings (SSSR count). The van der Waals surface area contributed by atoms with Crippen LogP contribution in [0, 0.1) is 5.82 Å². The number of phenols is 1. The van der Waals surface area contributed by atoms with Crippen LogP contribution in [0.4, 0.5) is 4.39 Å². The molecule has 2 fully saturated rings. The topological polar surface area (TPSA) is 106 Å². The molecule has 0 bridgehead atoms. The molecular weight excluding hydrogens is 459 g/mol. The number of benzene rings is 1. The summed E-state index contributed by atoms with van der Waals surface area (Å²) >= 11 is 1.74. The number of phenolic OH excluding ortho intramolecular Hbond substituents is 1. The lowest BCUT2D eigenvalue weighted by molar-refractivity contribution is 0.0919. The minimum atomic E-state index is -0.613. The van der Waals surface area contributed by atoms with Gasteiger partial charge in [-0.3, -0.25) is 18.7 Å². The number of nitrogens with one attached hydrogen (secondary N) is 1. The van der Waals surface area contributed by atoms with E-state index in [1.807, 2.05) is 0 Å². The van der Waals surface area contributed by atoms with Crippen LogP contribution in [0.3, 0.4) is 0 Å². The number of pyridine rings is 1. The van der Waals surface area contributed by atoms with Gasteiger partial charge in [0.15, 0.2) is 0 Å². The molecule has 1 aliphatic heterocycles. The first-order valence-electron chi connectivity index (χ1n) is 11.4. The summed E-state index contributed by atoms with van der Waals surface area (Å²) in [5.41, 5.74) is -0.465. The zero-order chi connectivity index (χ0) is 23.8. The van der Waals surface area contributed by atoms with Crippen LogP contribution < -0.4 is 16.6 Å². The molecule has 1 aromatic carbocycles. The summed E-state index contributed by atoms with van der Waals surface area (Å²) in [6, 6.07) is 6.96. The maximum absolute atomic E-state index is 14.0. The first-order valence-corrected chi connectivity index (χ1v) is 12.6. The third kappa shape index (κ3) is 4.11. The standard InChI is InChI=1S/C24H25FN4O4S/c25-14-11-19-21(26-12-14)28(17-9-10-34-13-17)24(33)29(23(19)32)16-7-5-15(6-8-16)27-22(31)18-3-1-2-4-20(18)30/h1-4,11-12,15-17,30H,5-10,13H2,(H,27,31)/t15-,16+,17?. The van der Waals surface area contributed by atoms with Gasteiger partial charge in [0, 0.05) is 17.8 Å². The fourth-order valence-electron chi connectivity index (χ4n) is 4.99. The second-order valence-corrected chi connectivity index (χ2v) is 10.0. The summed E-state index contributed by atoms with van der Waals surface area (Å²) in [6.07, 6.45) is 4.04. The van der Waals surface area contributed by atoms with Crippen LogP contribution >= 0.6 is 11.8 Å². The van der Waals surface area contributed by atoms with E-state index in [2.05, 4.69) is 10.3 Å². The number of carbonyl (C=O) groups excluding carboxylic acids is 1. The third-order valence-electron chi connectivity index (χ3n) is 6.74. The monoisotopic (exact) mass is 484 g/mol. The molecular formula is C24H25FN4O4S. The molecule has 1 aliphatic carbocycles. The largest absolute Gasteiger partial charge is 0.507 e. The van der Waals surface area contributed by atoms with Crippen LogP contribution in [-0.2, 0) is 0 Å². The van der Waals surface area contributed by atoms with Crippen molar-refractivity contribution >= 4 is 28.7 Å². The maximum Gasteiger partial charge on any atom is 0.333 e. The van der Waals surface area contributed by atoms with Crippen molar-refractivity contribution in [1.82, 2.24) is 19.4 Å². The predicted octanol–water partition coefficient (Wildman–Crippen LogP) is 2.99. The second-order valence-electron chi connectivity index (χ2n) is 8.87. The van der Waals surface area contributed by atoms with Crippen molar-refractivity contribution in [2.45, 2.75) is 50.2 Å². The van der Waals surface area contributed by atoms with Gasteiger partial charge in [0.1, 0.15) is 17.2 Å². The Labute approximate surface area is 198 Å². The van der Waals surface area contributed by atoms with Crippen molar-refractivity contribution in [2.75, 3.05) is 11.5 Å². The van der Waals surface area contributed by atoms with Crippen LogP contribution in [0.15, 0.2) is 46.1 Å². The first-order chi connectivity index (χ1) is 16.4. The number of halogens is 1. The number of amides is 1. The summed E-state index contributed by atoms with van der Waals surface area (Å²) in [6.45, 7) is 0. The normalized spacial score (nSPS) is 22.7. The predicted molar refractivity (Wildman–Crippen MR) is 128 cm³/mol. The van der Waals surface area contributed by atoms with Gasteiger partial charge < -0.3 is 10.4 Å². The average Bonchev–Trinajstić information content (AvgIpc) is 3.35. The Hall–Kier alpha value is -3.14. The number of aromatic hydroxyl groups is 1. The Kier molecular flexibility index (Phi) is 6.16. The van der Waals surface area contributed by atoms with E-state index in [1.165, 1.54) is 10.6 Å². The van der Waals surface area contributed by atoms with E-state index in [9.17, 15) is 23.9 Å². The van der Waals surface area contributed by atoms with Crippen molar-refractivity contribution < 1.29 is 14.3 Å². The lowest BCUT2D eigenvalue weighted by Crippen LogP contribution is -2.46. The molecule has 10 heteroatoms. The van der Waals surface area contributed by atoms with E-state index in [1.54, 1.807) is 34.5 Å². The molecule has 2 aromatic heterocycles. The highest BCUT2D eigenvalue weighted by atomic mass is 32.2. The smallest absolute Gasteiger partial charge is 0.333 e. The number of thioether (sulfide) groups is 1. The van der Waals surface area contributed by atoms with Gasteiger partial charge in [-0.25, -0.2) is 14.2 Å². The first kappa shape index (κ1) is 22.6. The lowest BCUT2D eigenvalue weighted by Gasteiger charge is -2.30. The molecule has 8 nitrogen and oxygen atoms in total. The molecule has 1 amide bonds. The fourth-order valence-corrected chi connectivity index (χ4v) is 6.18. The van der Waals surface area contributed by atoms with Gasteiger partial charge in [0.2, 0.25) is 0 Å². The molecule has 1 unspecified atom stereocenters. The highest BCUT2D eigenvalue weighted by molar-refractivity contribution is 7.99. The van der Waals surface area contributed by atoms with E-state index in [0.29, 0.717) is 25.7 Å². The van der Waals surface area contributed by atoms with Crippen molar-refractivity contribution in [3.63, 3.8) is 0 Å². The van der Waals surface area contributed by atoms with E-state index in [0.717, 1.165) is 30.2 Å². The SMILES string of the molecule is O=C(N[C@H]1CC[C@@H](n2c(=O)c3cc(F)cnc3n(C3CCSC3)c2=O)CC1)c1ccccc1O. The molecule has 2 aliphatic rings. The minimum Gasteiger partial charge on any atom is -0.507 e. The van der Waals surface area contributed by atoms with Crippen LogP contribution in [0.2, 0.25) is 0 Å². The molecule has 0 radical (unpaired) electrons. The number of carbonyl (C=O) groups is 1. The van der Waals surface area contributed by atoms with Crippen molar-refractivity contribution in [2.24, 2.45) is 0 Å². The van der Waals surface area contributed by atoms with Gasteiger partial charge in [-0.15, -0.1) is 0 Å². The second kappa shape index (κ2) is 9.25. The van der Waals surface area contributed by atoms with Crippen LogP contribution in [0.5, 0.6) is 5.75 Å². The van der Waals surface area contributed by atoms with Gasteiger partial charge in [-0.2, -0.15) is 11.8 Å². The molecule has 3 aromatic rings. The number of hydrogen-bond donors (Lipinski definition) is 2. The molecule has 178 valence electrons. The van der Waals surface area contributed by atoms with Gasteiger partial charge in [0.25, 0.3) is 11.5 Å². The summed E-state index contributed by atoms with van der Waals surface area (Å²) < 4.78 is 16.8. The molecule has 1 saturated carbocycles. The molecule has 34 heavy (non-hydrogen) atoms. The molecule has 1 saturated heterocycles. The maximum atomic E-state index is 14.0. The van der Waals surface area contributed by atoms with Crippen molar-refractivity contribution in [1.29, 1.82) is 0 Å².